The van der Waals surface area contributed by atoms with Crippen LogP contribution in [0.1, 0.15) is 21.6 Å². The average molecular weight is 293 g/mol. The van der Waals surface area contributed by atoms with Gasteiger partial charge in [-0.3, -0.25) is 0 Å². The third kappa shape index (κ3) is 2.60. The Labute approximate surface area is 120 Å². The number of aromatic carboxylic acids is 1. The Morgan fingerprint density at radius 3 is 3.20 bits per heavy atom. The van der Waals surface area contributed by atoms with Crippen molar-refractivity contribution in [2.75, 3.05) is 26.7 Å². The Balaban J connectivity index is 1.80. The van der Waals surface area contributed by atoms with Crippen LogP contribution in [0.5, 0.6) is 0 Å². The van der Waals surface area contributed by atoms with Crippen molar-refractivity contribution in [3.8, 4) is 11.3 Å². The van der Waals surface area contributed by atoms with Crippen molar-refractivity contribution in [3.63, 3.8) is 0 Å². The lowest BCUT2D eigenvalue weighted by molar-refractivity contribution is -0.0209. The van der Waals surface area contributed by atoms with E-state index in [9.17, 15) is 4.79 Å². The molecule has 0 radical (unpaired) electrons. The standard InChI is InChI=1S/C13H15N3O3S/c1-16-2-3-19-11(6-16)12-15-10(7-20-12)8-4-9(13(17)18)14-5-8/h4-5,7,11,14H,2-3,6H2,1H3,(H,17,18). The number of rotatable bonds is 3. The van der Waals surface area contributed by atoms with E-state index in [-0.39, 0.29) is 11.8 Å². The van der Waals surface area contributed by atoms with Gasteiger partial charge in [-0.05, 0) is 13.1 Å². The predicted molar refractivity (Wildman–Crippen MR) is 75.1 cm³/mol. The van der Waals surface area contributed by atoms with Gasteiger partial charge in [-0.25, -0.2) is 9.78 Å². The lowest BCUT2D eigenvalue weighted by Crippen LogP contribution is -2.35. The normalized spacial score (nSPS) is 20.1. The van der Waals surface area contributed by atoms with Crippen LogP contribution in [0.4, 0.5) is 0 Å². The number of ether oxygens (including phenoxy) is 1. The topological polar surface area (TPSA) is 78.5 Å². The Kier molecular flexibility index (Phi) is 3.56. The van der Waals surface area contributed by atoms with Crippen LogP contribution in [0.25, 0.3) is 11.3 Å². The van der Waals surface area contributed by atoms with E-state index in [0.717, 1.165) is 29.4 Å². The summed E-state index contributed by atoms with van der Waals surface area (Å²) in [6.45, 7) is 2.48. The van der Waals surface area contributed by atoms with Crippen LogP contribution in [0.2, 0.25) is 0 Å². The number of carboxylic acids is 1. The van der Waals surface area contributed by atoms with Crippen LogP contribution in [0.3, 0.4) is 0 Å². The number of hydrogen-bond donors (Lipinski definition) is 2. The number of likely N-dealkylation sites (N-methyl/N-ethyl adjacent to an activating group) is 1. The molecule has 1 unspecified atom stereocenters. The van der Waals surface area contributed by atoms with Gasteiger partial charge in [0, 0.05) is 30.2 Å². The van der Waals surface area contributed by atoms with Crippen LogP contribution < -0.4 is 0 Å². The summed E-state index contributed by atoms with van der Waals surface area (Å²) >= 11 is 1.55. The van der Waals surface area contributed by atoms with Gasteiger partial charge in [0.1, 0.15) is 16.8 Å². The summed E-state index contributed by atoms with van der Waals surface area (Å²) in [7, 11) is 2.06. The molecule has 3 heterocycles. The van der Waals surface area contributed by atoms with Gasteiger partial charge in [-0.2, -0.15) is 0 Å². The largest absolute Gasteiger partial charge is 0.477 e. The van der Waals surface area contributed by atoms with E-state index in [1.54, 1.807) is 23.6 Å². The number of hydrogen-bond acceptors (Lipinski definition) is 5. The number of aromatic amines is 1. The summed E-state index contributed by atoms with van der Waals surface area (Å²) in [4.78, 5) is 20.4. The highest BCUT2D eigenvalue weighted by Gasteiger charge is 2.22. The highest BCUT2D eigenvalue weighted by Crippen LogP contribution is 2.29. The Morgan fingerprint density at radius 1 is 1.65 bits per heavy atom. The van der Waals surface area contributed by atoms with Gasteiger partial charge >= 0.3 is 5.97 Å². The molecule has 1 atom stereocenters. The number of morpholine rings is 1. The zero-order valence-corrected chi connectivity index (χ0v) is 11.8. The van der Waals surface area contributed by atoms with Gasteiger partial charge in [-0.15, -0.1) is 11.3 Å². The first-order valence-corrected chi connectivity index (χ1v) is 7.19. The molecule has 0 aromatic carbocycles. The van der Waals surface area contributed by atoms with Crippen LogP contribution in [-0.4, -0.2) is 52.7 Å². The molecule has 2 N–H and O–H groups in total. The summed E-state index contributed by atoms with van der Waals surface area (Å²) in [5.74, 6) is -0.969. The number of carbonyl (C=O) groups is 1. The van der Waals surface area contributed by atoms with E-state index in [1.807, 2.05) is 5.38 Å². The molecule has 1 aliphatic heterocycles. The van der Waals surface area contributed by atoms with Crippen LogP contribution >= 0.6 is 11.3 Å². The Bertz CT molecular complexity index is 622. The Hall–Kier alpha value is -1.70. The monoisotopic (exact) mass is 293 g/mol. The fourth-order valence-corrected chi connectivity index (χ4v) is 3.03. The van der Waals surface area contributed by atoms with Crippen molar-refractivity contribution in [2.45, 2.75) is 6.10 Å². The van der Waals surface area contributed by atoms with Gasteiger partial charge in [0.2, 0.25) is 0 Å². The van der Waals surface area contributed by atoms with E-state index >= 15 is 0 Å². The van der Waals surface area contributed by atoms with E-state index < -0.39 is 5.97 Å². The summed E-state index contributed by atoms with van der Waals surface area (Å²) in [5.41, 5.74) is 1.74. The number of nitrogens with one attached hydrogen (secondary N) is 1. The van der Waals surface area contributed by atoms with E-state index in [1.165, 1.54) is 0 Å². The third-order valence-electron chi connectivity index (χ3n) is 3.28. The van der Waals surface area contributed by atoms with Crippen molar-refractivity contribution in [1.82, 2.24) is 14.9 Å². The molecule has 3 rings (SSSR count). The molecule has 0 bridgehead atoms. The molecule has 7 heteroatoms. The first kappa shape index (κ1) is 13.3. The molecule has 0 aliphatic carbocycles. The van der Waals surface area contributed by atoms with Crippen LogP contribution in [0, 0.1) is 0 Å². The highest BCUT2D eigenvalue weighted by molar-refractivity contribution is 7.10. The summed E-state index contributed by atoms with van der Waals surface area (Å²) in [6, 6.07) is 1.59. The number of carboxylic acid groups (broad SMARTS) is 1. The molecule has 0 spiro atoms. The number of thiazole rings is 1. The van der Waals surface area contributed by atoms with Gasteiger partial charge in [0.05, 0.1) is 12.3 Å². The van der Waals surface area contributed by atoms with Gasteiger partial charge < -0.3 is 19.7 Å². The minimum atomic E-state index is -0.969. The summed E-state index contributed by atoms with van der Waals surface area (Å²) in [6.07, 6.45) is 1.67. The zero-order valence-electron chi connectivity index (χ0n) is 11.0. The summed E-state index contributed by atoms with van der Waals surface area (Å²) in [5, 5.41) is 11.8. The first-order chi connectivity index (χ1) is 9.63. The molecule has 0 saturated carbocycles. The molecule has 1 saturated heterocycles. The van der Waals surface area contributed by atoms with Crippen molar-refractivity contribution in [3.05, 3.63) is 28.3 Å². The van der Waals surface area contributed by atoms with Gasteiger partial charge in [-0.1, -0.05) is 0 Å². The fourth-order valence-electron chi connectivity index (χ4n) is 2.16. The number of nitrogens with zero attached hydrogens (tertiary/aromatic N) is 2. The average Bonchev–Trinajstić information content (AvgIpc) is 3.08. The number of H-pyrrole nitrogens is 1. The molecule has 1 aliphatic rings. The van der Waals surface area contributed by atoms with Crippen LogP contribution in [0.15, 0.2) is 17.6 Å². The maximum absolute atomic E-state index is 10.9. The quantitative estimate of drug-likeness (QED) is 0.903. The van der Waals surface area contributed by atoms with E-state index in [2.05, 4.69) is 21.9 Å². The van der Waals surface area contributed by atoms with Gasteiger partial charge in [0.25, 0.3) is 0 Å². The maximum atomic E-state index is 10.9. The smallest absolute Gasteiger partial charge is 0.352 e. The summed E-state index contributed by atoms with van der Waals surface area (Å²) < 4.78 is 5.73. The molecular formula is C13H15N3O3S. The third-order valence-corrected chi connectivity index (χ3v) is 4.21. The predicted octanol–water partition coefficient (Wildman–Crippen LogP) is 1.84. The molecule has 106 valence electrons. The fraction of sp³-hybridized carbons (Fsp3) is 0.385. The second-order valence-electron chi connectivity index (χ2n) is 4.80. The lowest BCUT2D eigenvalue weighted by atomic mass is 10.2. The second-order valence-corrected chi connectivity index (χ2v) is 5.69. The van der Waals surface area contributed by atoms with Crippen molar-refractivity contribution in [2.24, 2.45) is 0 Å². The van der Waals surface area contributed by atoms with E-state index in [4.69, 9.17) is 9.84 Å². The molecule has 2 aromatic rings. The molecule has 1 fully saturated rings. The molecule has 2 aromatic heterocycles. The molecule has 6 nitrogen and oxygen atoms in total. The van der Waals surface area contributed by atoms with Crippen molar-refractivity contribution in [1.29, 1.82) is 0 Å². The second kappa shape index (κ2) is 5.35. The zero-order chi connectivity index (χ0) is 14.1. The molecule has 0 amide bonds. The van der Waals surface area contributed by atoms with Crippen molar-refractivity contribution >= 4 is 17.3 Å². The molecular weight excluding hydrogens is 278 g/mol. The van der Waals surface area contributed by atoms with E-state index in [0.29, 0.717) is 6.61 Å². The molecule has 20 heavy (non-hydrogen) atoms. The lowest BCUT2D eigenvalue weighted by Gasteiger charge is -2.28. The minimum absolute atomic E-state index is 0.00499. The first-order valence-electron chi connectivity index (χ1n) is 6.31. The Morgan fingerprint density at radius 2 is 2.50 bits per heavy atom. The SMILES string of the molecule is CN1CCOC(c2nc(-c3c[nH]c(C(=O)O)c3)cs2)C1. The number of aromatic nitrogens is 2. The van der Waals surface area contributed by atoms with Gasteiger partial charge in [0.15, 0.2) is 0 Å². The highest BCUT2D eigenvalue weighted by atomic mass is 32.1. The van der Waals surface area contributed by atoms with Crippen LogP contribution in [-0.2, 0) is 4.74 Å². The minimum Gasteiger partial charge on any atom is -0.477 e. The maximum Gasteiger partial charge on any atom is 0.352 e. The van der Waals surface area contributed by atoms with Crippen molar-refractivity contribution < 1.29 is 14.6 Å².